The van der Waals surface area contributed by atoms with Gasteiger partial charge in [0.25, 0.3) is 5.91 Å². The van der Waals surface area contributed by atoms with E-state index in [4.69, 9.17) is 0 Å². The summed E-state index contributed by atoms with van der Waals surface area (Å²) in [6, 6.07) is 9.75. The van der Waals surface area contributed by atoms with Gasteiger partial charge in [-0.3, -0.25) is 14.2 Å². The Morgan fingerprint density at radius 1 is 1.35 bits per heavy atom. The first kappa shape index (κ1) is 16.0. The number of nitrogens with one attached hydrogen (secondary N) is 1. The van der Waals surface area contributed by atoms with Crippen molar-refractivity contribution in [3.63, 3.8) is 0 Å². The summed E-state index contributed by atoms with van der Waals surface area (Å²) in [7, 11) is 5.30. The molecule has 8 heteroatoms. The van der Waals surface area contributed by atoms with E-state index in [-0.39, 0.29) is 5.91 Å². The minimum Gasteiger partial charge on any atom is -0.348 e. The third-order valence-corrected chi connectivity index (χ3v) is 4.86. The lowest BCUT2D eigenvalue weighted by Gasteiger charge is -2.14. The topological polar surface area (TPSA) is 59.4 Å². The zero-order valence-electron chi connectivity index (χ0n) is 12.8. The molecule has 0 saturated carbocycles. The van der Waals surface area contributed by atoms with Gasteiger partial charge in [0.1, 0.15) is 10.3 Å². The molecule has 2 heterocycles. The van der Waals surface area contributed by atoms with E-state index in [9.17, 15) is 4.79 Å². The molecule has 1 N–H and O–H groups in total. The molecule has 0 spiro atoms. The maximum Gasteiger partial charge on any atom is 0.285 e. The second kappa shape index (κ2) is 6.31. The molecule has 120 valence electrons. The predicted octanol–water partition coefficient (Wildman–Crippen LogP) is 3.21. The first-order valence-electron chi connectivity index (χ1n) is 6.80. The number of carbonyl (C=O) groups excluding carboxylic acids is 1. The third-order valence-electron chi connectivity index (χ3n) is 3.22. The zero-order valence-corrected chi connectivity index (χ0v) is 15.2. The molecule has 0 saturated heterocycles. The van der Waals surface area contributed by atoms with Crippen LogP contribution >= 0.6 is 27.3 Å². The number of hydrogen-bond donors (Lipinski definition) is 1. The van der Waals surface area contributed by atoms with Crippen LogP contribution in [0.3, 0.4) is 0 Å². The van der Waals surface area contributed by atoms with Crippen LogP contribution in [0.1, 0.15) is 9.67 Å². The van der Waals surface area contributed by atoms with E-state index >= 15 is 0 Å². The van der Waals surface area contributed by atoms with Gasteiger partial charge in [0.2, 0.25) is 5.95 Å². The van der Waals surface area contributed by atoms with Gasteiger partial charge in [-0.1, -0.05) is 15.9 Å². The predicted molar refractivity (Wildman–Crippen MR) is 95.4 cm³/mol. The fraction of sp³-hybridized carbons (Fsp3) is 0.200. The molecule has 0 radical (unpaired) electrons. The number of aromatic nitrogens is 2. The monoisotopic (exact) mass is 394 g/mol. The fourth-order valence-corrected chi connectivity index (χ4v) is 3.50. The SMILES string of the molecule is CONC(=O)c1cc2nc(N(C)C)n(-c3ccc(Br)cc3)c2s1. The Balaban J connectivity index is 2.17. The number of fused-ring (bicyclic) bond motifs is 1. The van der Waals surface area contributed by atoms with Gasteiger partial charge < -0.3 is 4.90 Å². The van der Waals surface area contributed by atoms with Gasteiger partial charge in [-0.25, -0.2) is 10.5 Å². The highest BCUT2D eigenvalue weighted by molar-refractivity contribution is 9.10. The minimum atomic E-state index is -0.274. The van der Waals surface area contributed by atoms with E-state index in [1.807, 2.05) is 47.8 Å². The molecule has 0 fully saturated rings. The van der Waals surface area contributed by atoms with Gasteiger partial charge in [-0.2, -0.15) is 0 Å². The smallest absolute Gasteiger partial charge is 0.285 e. The van der Waals surface area contributed by atoms with E-state index in [0.29, 0.717) is 4.88 Å². The second-order valence-corrected chi connectivity index (χ2v) is 7.00. The number of anilines is 1. The molecule has 3 rings (SSSR count). The van der Waals surface area contributed by atoms with Crippen molar-refractivity contribution in [2.75, 3.05) is 26.1 Å². The van der Waals surface area contributed by atoms with E-state index in [1.165, 1.54) is 18.4 Å². The third kappa shape index (κ3) is 2.97. The van der Waals surface area contributed by atoms with Crippen LogP contribution in [0.25, 0.3) is 16.0 Å². The number of hydrogen-bond acceptors (Lipinski definition) is 5. The Bertz CT molecular complexity index is 854. The summed E-state index contributed by atoms with van der Waals surface area (Å²) in [4.78, 5) is 24.7. The summed E-state index contributed by atoms with van der Waals surface area (Å²) in [6.07, 6.45) is 0. The van der Waals surface area contributed by atoms with E-state index < -0.39 is 0 Å². The number of hydroxylamine groups is 1. The largest absolute Gasteiger partial charge is 0.348 e. The fourth-order valence-electron chi connectivity index (χ4n) is 2.24. The molecule has 0 unspecified atom stereocenters. The van der Waals surface area contributed by atoms with Gasteiger partial charge >= 0.3 is 0 Å². The first-order valence-corrected chi connectivity index (χ1v) is 8.41. The van der Waals surface area contributed by atoms with Gasteiger partial charge in [0, 0.05) is 24.3 Å². The van der Waals surface area contributed by atoms with Crippen LogP contribution in [0.15, 0.2) is 34.8 Å². The van der Waals surface area contributed by atoms with Crippen molar-refractivity contribution in [2.45, 2.75) is 0 Å². The van der Waals surface area contributed by atoms with Crippen molar-refractivity contribution in [3.05, 3.63) is 39.7 Å². The van der Waals surface area contributed by atoms with E-state index in [1.54, 1.807) is 6.07 Å². The van der Waals surface area contributed by atoms with Crippen LogP contribution in [0.4, 0.5) is 5.95 Å². The maximum absolute atomic E-state index is 11.9. The molecule has 1 aromatic carbocycles. The molecule has 0 aliphatic carbocycles. The highest BCUT2D eigenvalue weighted by Crippen LogP contribution is 2.33. The molecular formula is C15H15BrN4O2S. The zero-order chi connectivity index (χ0) is 16.6. The normalized spacial score (nSPS) is 11.0. The van der Waals surface area contributed by atoms with Crippen LogP contribution in [0.2, 0.25) is 0 Å². The van der Waals surface area contributed by atoms with Crippen molar-refractivity contribution in [3.8, 4) is 5.69 Å². The molecule has 0 aliphatic heterocycles. The Kier molecular flexibility index (Phi) is 4.38. The van der Waals surface area contributed by atoms with Crippen molar-refractivity contribution in [2.24, 2.45) is 0 Å². The summed E-state index contributed by atoms with van der Waals surface area (Å²) >= 11 is 4.83. The number of thiophene rings is 1. The summed E-state index contributed by atoms with van der Waals surface area (Å²) in [5.74, 6) is 0.538. The summed E-state index contributed by atoms with van der Waals surface area (Å²) in [6.45, 7) is 0. The average Bonchev–Trinajstić information content (AvgIpc) is 3.06. The molecule has 0 bridgehead atoms. The Morgan fingerprint density at radius 2 is 2.04 bits per heavy atom. The Morgan fingerprint density at radius 3 is 2.65 bits per heavy atom. The van der Waals surface area contributed by atoms with Crippen molar-refractivity contribution < 1.29 is 9.63 Å². The molecule has 0 aliphatic rings. The molecule has 3 aromatic rings. The molecule has 6 nitrogen and oxygen atoms in total. The lowest BCUT2D eigenvalue weighted by atomic mass is 10.3. The number of amides is 1. The number of benzene rings is 1. The maximum atomic E-state index is 11.9. The van der Waals surface area contributed by atoms with E-state index in [2.05, 4.69) is 31.2 Å². The minimum absolute atomic E-state index is 0.274. The average molecular weight is 395 g/mol. The highest BCUT2D eigenvalue weighted by Gasteiger charge is 2.19. The Labute approximate surface area is 145 Å². The molecule has 2 aromatic heterocycles. The lowest BCUT2D eigenvalue weighted by Crippen LogP contribution is -2.20. The van der Waals surface area contributed by atoms with Crippen molar-refractivity contribution in [1.82, 2.24) is 15.0 Å². The van der Waals surface area contributed by atoms with Crippen LogP contribution in [-0.4, -0.2) is 36.7 Å². The van der Waals surface area contributed by atoms with E-state index in [0.717, 1.165) is 26.5 Å². The van der Waals surface area contributed by atoms with Gasteiger partial charge in [0.05, 0.1) is 12.0 Å². The molecular weight excluding hydrogens is 380 g/mol. The van der Waals surface area contributed by atoms with Gasteiger partial charge in [-0.15, -0.1) is 11.3 Å². The number of carbonyl (C=O) groups is 1. The van der Waals surface area contributed by atoms with Gasteiger partial charge in [0.15, 0.2) is 0 Å². The number of nitrogens with zero attached hydrogens (tertiary/aromatic N) is 3. The summed E-state index contributed by atoms with van der Waals surface area (Å²) in [5, 5.41) is 0. The van der Waals surface area contributed by atoms with Crippen molar-refractivity contribution >= 4 is 49.5 Å². The molecule has 1 amide bonds. The lowest BCUT2D eigenvalue weighted by molar-refractivity contribution is 0.0542. The van der Waals surface area contributed by atoms with Gasteiger partial charge in [-0.05, 0) is 30.3 Å². The van der Waals surface area contributed by atoms with Crippen LogP contribution in [0.5, 0.6) is 0 Å². The second-order valence-electron chi connectivity index (χ2n) is 5.05. The van der Waals surface area contributed by atoms with Crippen LogP contribution < -0.4 is 10.4 Å². The number of halogens is 1. The summed E-state index contributed by atoms with van der Waals surface area (Å²) < 4.78 is 3.05. The number of rotatable bonds is 4. The quantitative estimate of drug-likeness (QED) is 0.690. The van der Waals surface area contributed by atoms with Crippen LogP contribution in [0, 0.1) is 0 Å². The molecule has 23 heavy (non-hydrogen) atoms. The standard InChI is InChI=1S/C15H15BrN4O2S/c1-19(2)15-17-11-8-12(13(21)18-22-3)23-14(11)20(15)10-6-4-9(16)5-7-10/h4-8H,1-3H3,(H,18,21). The Hall–Kier alpha value is -1.90. The first-order chi connectivity index (χ1) is 11.0. The highest BCUT2D eigenvalue weighted by atomic mass is 79.9. The molecule has 0 atom stereocenters. The number of imidazole rings is 1. The van der Waals surface area contributed by atoms with Crippen LogP contribution in [-0.2, 0) is 4.84 Å². The van der Waals surface area contributed by atoms with Crippen molar-refractivity contribution in [1.29, 1.82) is 0 Å². The summed E-state index contributed by atoms with van der Waals surface area (Å²) in [5.41, 5.74) is 4.10.